The maximum atomic E-state index is 12.8. The Morgan fingerprint density at radius 1 is 1.15 bits per heavy atom. The van der Waals surface area contributed by atoms with E-state index in [0.717, 1.165) is 34.4 Å². The van der Waals surface area contributed by atoms with Gasteiger partial charge in [-0.05, 0) is 42.8 Å². The fraction of sp³-hybridized carbons (Fsp3) is 0.368. The van der Waals surface area contributed by atoms with E-state index in [1.54, 1.807) is 6.20 Å². The number of alkyl halides is 3. The summed E-state index contributed by atoms with van der Waals surface area (Å²) in [5.74, 6) is 0. The summed E-state index contributed by atoms with van der Waals surface area (Å²) in [6, 6.07) is 7.31. The number of hydrogen-bond donors (Lipinski definition) is 0. The third-order valence-corrected chi connectivity index (χ3v) is 5.54. The molecular formula is C19H21F3N3OSi. The quantitative estimate of drug-likeness (QED) is 0.430. The number of hydrogen-bond acceptors (Lipinski definition) is 3. The monoisotopic (exact) mass is 392 g/mol. The largest absolute Gasteiger partial charge is 0.433 e. The van der Waals surface area contributed by atoms with Crippen molar-refractivity contribution in [1.29, 1.82) is 0 Å². The van der Waals surface area contributed by atoms with E-state index in [0.29, 0.717) is 18.9 Å². The van der Waals surface area contributed by atoms with Gasteiger partial charge < -0.3 is 9.30 Å². The average molecular weight is 392 g/mol. The number of fused-ring (bicyclic) bond motifs is 1. The van der Waals surface area contributed by atoms with Crippen molar-refractivity contribution in [3.63, 3.8) is 0 Å². The number of pyridine rings is 2. The summed E-state index contributed by atoms with van der Waals surface area (Å²) >= 11 is 0. The molecule has 8 heteroatoms. The van der Waals surface area contributed by atoms with E-state index in [1.807, 2.05) is 23.6 Å². The molecule has 0 aliphatic carbocycles. The molecular weight excluding hydrogens is 371 g/mol. The first-order chi connectivity index (χ1) is 12.8. The van der Waals surface area contributed by atoms with Gasteiger partial charge >= 0.3 is 6.18 Å². The Morgan fingerprint density at radius 2 is 1.93 bits per heavy atom. The van der Waals surface area contributed by atoms with Crippen LogP contribution in [0.3, 0.4) is 0 Å². The van der Waals surface area contributed by atoms with Crippen molar-refractivity contribution in [2.75, 3.05) is 6.61 Å². The summed E-state index contributed by atoms with van der Waals surface area (Å²) in [6.07, 6.45) is -1.48. The summed E-state index contributed by atoms with van der Waals surface area (Å²) in [5.41, 5.74) is 2.24. The summed E-state index contributed by atoms with van der Waals surface area (Å²) in [6.45, 7) is 7.38. The van der Waals surface area contributed by atoms with Gasteiger partial charge in [0.1, 0.15) is 18.1 Å². The summed E-state index contributed by atoms with van der Waals surface area (Å²) < 4.78 is 46.1. The zero-order valence-corrected chi connectivity index (χ0v) is 16.5. The van der Waals surface area contributed by atoms with E-state index in [2.05, 4.69) is 23.1 Å². The highest BCUT2D eigenvalue weighted by Crippen LogP contribution is 2.31. The Bertz CT molecular complexity index is 920. The van der Waals surface area contributed by atoms with E-state index in [9.17, 15) is 13.2 Å². The number of nitrogens with zero attached hydrogens (tertiary/aromatic N) is 3. The molecule has 1 radical (unpaired) electrons. The fourth-order valence-electron chi connectivity index (χ4n) is 2.79. The minimum atomic E-state index is -4.45. The summed E-state index contributed by atoms with van der Waals surface area (Å²) in [4.78, 5) is 8.03. The normalized spacial score (nSPS) is 12.3. The zero-order valence-electron chi connectivity index (χ0n) is 15.5. The van der Waals surface area contributed by atoms with Gasteiger partial charge in [0.15, 0.2) is 0 Å². The second-order valence-electron chi connectivity index (χ2n) is 6.75. The van der Waals surface area contributed by atoms with Gasteiger partial charge in [-0.25, -0.2) is 4.98 Å². The van der Waals surface area contributed by atoms with Gasteiger partial charge in [0, 0.05) is 38.7 Å². The third kappa shape index (κ3) is 4.39. The molecule has 0 spiro atoms. The smallest absolute Gasteiger partial charge is 0.361 e. The maximum absolute atomic E-state index is 12.8. The number of aromatic nitrogens is 3. The molecule has 3 heterocycles. The van der Waals surface area contributed by atoms with Gasteiger partial charge in [0.2, 0.25) is 0 Å². The van der Waals surface area contributed by atoms with Crippen molar-refractivity contribution in [3.05, 3.63) is 47.9 Å². The SMILES string of the molecule is Cc1ccnc2c1cc(-c1ccc(C(F)(F)F)nc1)n2COCC[Si](C)C. The van der Waals surface area contributed by atoms with Gasteiger partial charge in [0.25, 0.3) is 0 Å². The van der Waals surface area contributed by atoms with Crippen molar-refractivity contribution in [3.8, 4) is 11.3 Å². The Balaban J connectivity index is 1.98. The summed E-state index contributed by atoms with van der Waals surface area (Å²) in [5, 5.41) is 0.951. The molecule has 0 fully saturated rings. The van der Waals surface area contributed by atoms with Crippen LogP contribution in [0.2, 0.25) is 19.1 Å². The molecule has 0 saturated heterocycles. The molecule has 3 aromatic heterocycles. The van der Waals surface area contributed by atoms with Crippen LogP contribution in [-0.4, -0.2) is 29.9 Å². The Morgan fingerprint density at radius 3 is 2.56 bits per heavy atom. The van der Waals surface area contributed by atoms with Crippen molar-refractivity contribution in [2.45, 2.75) is 39.0 Å². The Hall–Kier alpha value is -2.19. The van der Waals surface area contributed by atoms with Crippen LogP contribution in [0.5, 0.6) is 0 Å². The number of rotatable bonds is 6. The van der Waals surface area contributed by atoms with Gasteiger partial charge in [-0.3, -0.25) is 4.98 Å². The predicted molar refractivity (Wildman–Crippen MR) is 101 cm³/mol. The standard InChI is InChI=1S/C19H21F3N3OSi/c1-13-6-7-23-18-15(13)10-16(25(18)12-26-8-9-27(2)3)14-4-5-17(24-11-14)19(20,21)22/h4-7,10-11H,8-9,12H2,1-3H3. The van der Waals surface area contributed by atoms with Crippen LogP contribution < -0.4 is 0 Å². The van der Waals surface area contributed by atoms with Crippen LogP contribution in [0.4, 0.5) is 13.2 Å². The van der Waals surface area contributed by atoms with E-state index < -0.39 is 11.9 Å². The third-order valence-electron chi connectivity index (χ3n) is 4.33. The minimum Gasteiger partial charge on any atom is -0.361 e. The molecule has 0 aromatic carbocycles. The van der Waals surface area contributed by atoms with E-state index >= 15 is 0 Å². The van der Waals surface area contributed by atoms with E-state index in [1.165, 1.54) is 12.3 Å². The average Bonchev–Trinajstić information content (AvgIpc) is 2.98. The van der Waals surface area contributed by atoms with E-state index in [-0.39, 0.29) is 8.80 Å². The molecule has 0 aliphatic heterocycles. The number of aryl methyl sites for hydroxylation is 1. The van der Waals surface area contributed by atoms with Crippen LogP contribution in [0, 0.1) is 6.92 Å². The lowest BCUT2D eigenvalue weighted by Crippen LogP contribution is -2.10. The van der Waals surface area contributed by atoms with Crippen LogP contribution in [0.25, 0.3) is 22.3 Å². The minimum absolute atomic E-state index is 0.297. The molecule has 3 aromatic rings. The van der Waals surface area contributed by atoms with Gasteiger partial charge in [0.05, 0.1) is 5.69 Å². The van der Waals surface area contributed by atoms with Crippen LogP contribution >= 0.6 is 0 Å². The molecule has 27 heavy (non-hydrogen) atoms. The van der Waals surface area contributed by atoms with E-state index in [4.69, 9.17) is 4.74 Å². The van der Waals surface area contributed by atoms with Crippen LogP contribution in [0.15, 0.2) is 36.7 Å². The lowest BCUT2D eigenvalue weighted by Gasteiger charge is -2.12. The van der Waals surface area contributed by atoms with Crippen LogP contribution in [0.1, 0.15) is 11.3 Å². The number of ether oxygens (including phenoxy) is 1. The molecule has 143 valence electrons. The maximum Gasteiger partial charge on any atom is 0.433 e. The van der Waals surface area contributed by atoms with Crippen molar-refractivity contribution in [2.24, 2.45) is 0 Å². The van der Waals surface area contributed by atoms with Crippen molar-refractivity contribution >= 4 is 19.8 Å². The van der Waals surface area contributed by atoms with Crippen molar-refractivity contribution in [1.82, 2.24) is 14.5 Å². The first kappa shape index (κ1) is 19.6. The molecule has 4 nitrogen and oxygen atoms in total. The van der Waals surface area contributed by atoms with Gasteiger partial charge in [-0.1, -0.05) is 13.1 Å². The molecule has 0 unspecified atom stereocenters. The molecule has 3 rings (SSSR count). The fourth-order valence-corrected chi connectivity index (χ4v) is 3.35. The highest BCUT2D eigenvalue weighted by molar-refractivity contribution is 6.55. The lowest BCUT2D eigenvalue weighted by molar-refractivity contribution is -0.141. The number of halogens is 3. The second-order valence-corrected chi connectivity index (χ2v) is 9.66. The first-order valence-electron chi connectivity index (χ1n) is 8.62. The summed E-state index contributed by atoms with van der Waals surface area (Å²) in [7, 11) is -0.371. The van der Waals surface area contributed by atoms with Gasteiger partial charge in [-0.15, -0.1) is 0 Å². The van der Waals surface area contributed by atoms with Gasteiger partial charge in [-0.2, -0.15) is 13.2 Å². The highest BCUT2D eigenvalue weighted by Gasteiger charge is 2.32. The second kappa shape index (κ2) is 7.81. The zero-order chi connectivity index (χ0) is 19.6. The Kier molecular flexibility index (Phi) is 5.66. The van der Waals surface area contributed by atoms with Crippen LogP contribution in [-0.2, 0) is 17.6 Å². The molecule has 0 N–H and O–H groups in total. The molecule has 0 aliphatic rings. The predicted octanol–water partition coefficient (Wildman–Crippen LogP) is 5.15. The first-order valence-corrected chi connectivity index (χ1v) is 11.3. The molecule has 0 bridgehead atoms. The molecule has 0 saturated carbocycles. The topological polar surface area (TPSA) is 39.9 Å². The lowest BCUT2D eigenvalue weighted by atomic mass is 10.1. The molecule has 0 amide bonds. The highest BCUT2D eigenvalue weighted by atomic mass is 28.3. The Labute approximate surface area is 157 Å². The molecule has 0 atom stereocenters. The van der Waals surface area contributed by atoms with Crippen molar-refractivity contribution < 1.29 is 17.9 Å².